The molecule has 0 bridgehead atoms. The van der Waals surface area contributed by atoms with Crippen molar-refractivity contribution in [3.05, 3.63) is 80.6 Å². The number of anilines is 1. The maximum atomic E-state index is 12.5. The molecule has 1 aromatic heterocycles. The number of nitro groups is 1. The first-order valence-corrected chi connectivity index (χ1v) is 8.83. The number of nitrogens with zero attached hydrogens (tertiary/aromatic N) is 2. The van der Waals surface area contributed by atoms with E-state index in [1.54, 1.807) is 0 Å². The van der Waals surface area contributed by atoms with Crippen LogP contribution in [0, 0.1) is 10.1 Å². The van der Waals surface area contributed by atoms with Gasteiger partial charge in [0, 0.05) is 29.3 Å². The van der Waals surface area contributed by atoms with Gasteiger partial charge in [0.25, 0.3) is 11.2 Å². The maximum Gasteiger partial charge on any atom is 0.270 e. The zero-order valence-corrected chi connectivity index (χ0v) is 15.9. The molecule has 0 radical (unpaired) electrons. The van der Waals surface area contributed by atoms with Crippen molar-refractivity contribution in [2.24, 2.45) is 0 Å². The normalized spacial score (nSPS) is 11.4. The van der Waals surface area contributed by atoms with Crippen LogP contribution < -0.4 is 10.9 Å². The second-order valence-corrected chi connectivity index (χ2v) is 7.63. The number of hydrogen-bond acceptors (Lipinski definition) is 4. The number of amides is 1. The lowest BCUT2D eigenvalue weighted by Gasteiger charge is -2.19. The van der Waals surface area contributed by atoms with Gasteiger partial charge in [-0.2, -0.15) is 0 Å². The van der Waals surface area contributed by atoms with Crippen LogP contribution in [0.2, 0.25) is 0 Å². The monoisotopic (exact) mass is 379 g/mol. The van der Waals surface area contributed by atoms with Crippen molar-refractivity contribution in [2.45, 2.75) is 32.7 Å². The molecule has 2 aromatic carbocycles. The molecule has 1 amide bonds. The molecule has 7 nitrogen and oxygen atoms in total. The number of nitrogens with one attached hydrogen (secondary N) is 1. The van der Waals surface area contributed by atoms with Gasteiger partial charge in [-0.15, -0.1) is 0 Å². The quantitative estimate of drug-likeness (QED) is 0.550. The van der Waals surface area contributed by atoms with Gasteiger partial charge in [-0.25, -0.2) is 0 Å². The Balaban J connectivity index is 1.84. The summed E-state index contributed by atoms with van der Waals surface area (Å²) in [6.07, 6.45) is 0. The third kappa shape index (κ3) is 4.09. The minimum atomic E-state index is -0.497. The van der Waals surface area contributed by atoms with E-state index < -0.39 is 4.92 Å². The molecule has 7 heteroatoms. The number of benzene rings is 2. The molecule has 28 heavy (non-hydrogen) atoms. The van der Waals surface area contributed by atoms with Crippen LogP contribution in [0.3, 0.4) is 0 Å². The topological polar surface area (TPSA) is 94.2 Å². The number of non-ortho nitro benzene ring substituents is 1. The molecule has 3 rings (SSSR count). The van der Waals surface area contributed by atoms with Gasteiger partial charge in [0.05, 0.1) is 10.4 Å². The summed E-state index contributed by atoms with van der Waals surface area (Å²) in [5, 5.41) is 14.2. The van der Waals surface area contributed by atoms with Gasteiger partial charge in [-0.1, -0.05) is 32.9 Å². The molecule has 144 valence electrons. The minimum absolute atomic E-state index is 0.0153. The van der Waals surface area contributed by atoms with E-state index in [1.165, 1.54) is 34.9 Å². The average Bonchev–Trinajstić information content (AvgIpc) is 2.63. The van der Waals surface area contributed by atoms with E-state index >= 15 is 0 Å². The number of aromatic nitrogens is 1. The molecule has 0 saturated heterocycles. The lowest BCUT2D eigenvalue weighted by molar-refractivity contribution is -0.384. The van der Waals surface area contributed by atoms with Gasteiger partial charge in [-0.3, -0.25) is 24.3 Å². The van der Waals surface area contributed by atoms with Gasteiger partial charge < -0.3 is 5.32 Å². The molecular formula is C21H21N3O4. The predicted molar refractivity (Wildman–Crippen MR) is 109 cm³/mol. The zero-order valence-electron chi connectivity index (χ0n) is 15.9. The van der Waals surface area contributed by atoms with Crippen molar-refractivity contribution in [1.29, 1.82) is 0 Å². The summed E-state index contributed by atoms with van der Waals surface area (Å²) in [7, 11) is 0. The summed E-state index contributed by atoms with van der Waals surface area (Å²) >= 11 is 0. The molecule has 0 aliphatic heterocycles. The highest BCUT2D eigenvalue weighted by atomic mass is 16.6. The van der Waals surface area contributed by atoms with Crippen LogP contribution in [-0.2, 0) is 16.8 Å². The number of pyridine rings is 1. The van der Waals surface area contributed by atoms with Crippen LogP contribution in [-0.4, -0.2) is 15.4 Å². The Bertz CT molecular complexity index is 1110. The van der Waals surface area contributed by atoms with E-state index in [1.807, 2.05) is 24.3 Å². The van der Waals surface area contributed by atoms with Crippen LogP contribution >= 0.6 is 0 Å². The van der Waals surface area contributed by atoms with Crippen LogP contribution in [0.4, 0.5) is 11.4 Å². The molecule has 3 aromatic rings. The average molecular weight is 379 g/mol. The van der Waals surface area contributed by atoms with E-state index in [0.717, 1.165) is 5.56 Å². The van der Waals surface area contributed by atoms with Crippen LogP contribution in [0.25, 0.3) is 10.9 Å². The van der Waals surface area contributed by atoms with Crippen LogP contribution in [0.5, 0.6) is 0 Å². The molecule has 0 unspecified atom stereocenters. The Kier molecular flexibility index (Phi) is 5.00. The first-order valence-electron chi connectivity index (χ1n) is 8.83. The van der Waals surface area contributed by atoms with E-state index in [2.05, 4.69) is 26.1 Å². The summed E-state index contributed by atoms with van der Waals surface area (Å²) in [6.45, 7) is 6.14. The highest BCUT2D eigenvalue weighted by Gasteiger charge is 2.14. The second kappa shape index (κ2) is 7.26. The Morgan fingerprint density at radius 3 is 2.36 bits per heavy atom. The third-order valence-electron chi connectivity index (χ3n) is 4.52. The molecule has 0 aliphatic carbocycles. The number of nitro benzene ring substituents is 1. The highest BCUT2D eigenvalue weighted by molar-refractivity contribution is 5.92. The van der Waals surface area contributed by atoms with Gasteiger partial charge in [0.15, 0.2) is 0 Å². The van der Waals surface area contributed by atoms with Crippen LogP contribution in [0.1, 0.15) is 26.3 Å². The summed E-state index contributed by atoms with van der Waals surface area (Å²) in [5.74, 6) is -0.350. The van der Waals surface area contributed by atoms with E-state index in [0.29, 0.717) is 16.6 Å². The molecule has 0 spiro atoms. The van der Waals surface area contributed by atoms with Crippen molar-refractivity contribution in [1.82, 2.24) is 4.57 Å². The van der Waals surface area contributed by atoms with Gasteiger partial charge in [0.2, 0.25) is 5.91 Å². The Morgan fingerprint density at radius 2 is 1.75 bits per heavy atom. The second-order valence-electron chi connectivity index (χ2n) is 7.63. The molecule has 0 fully saturated rings. The number of carbonyl (C=O) groups is 1. The minimum Gasteiger partial charge on any atom is -0.325 e. The number of hydrogen-bond donors (Lipinski definition) is 1. The smallest absolute Gasteiger partial charge is 0.270 e. The van der Waals surface area contributed by atoms with Crippen molar-refractivity contribution in [3.63, 3.8) is 0 Å². The number of carbonyl (C=O) groups excluding carboxylic acids is 1. The number of fused-ring (bicyclic) bond motifs is 1. The van der Waals surface area contributed by atoms with Gasteiger partial charge in [-0.05, 0) is 35.2 Å². The third-order valence-corrected chi connectivity index (χ3v) is 4.52. The fourth-order valence-corrected chi connectivity index (χ4v) is 2.97. The van der Waals surface area contributed by atoms with Gasteiger partial charge in [0.1, 0.15) is 6.54 Å². The first-order chi connectivity index (χ1) is 13.1. The van der Waals surface area contributed by atoms with E-state index in [4.69, 9.17) is 0 Å². The Labute approximate surface area is 161 Å². The number of rotatable bonds is 4. The first kappa shape index (κ1) is 19.3. The lowest BCUT2D eigenvalue weighted by atomic mass is 9.87. The molecule has 0 atom stereocenters. The molecule has 0 aliphatic rings. The lowest BCUT2D eigenvalue weighted by Crippen LogP contribution is -2.27. The van der Waals surface area contributed by atoms with E-state index in [9.17, 15) is 19.7 Å². The summed E-state index contributed by atoms with van der Waals surface area (Å²) in [6, 6.07) is 14.6. The van der Waals surface area contributed by atoms with Crippen molar-refractivity contribution < 1.29 is 9.72 Å². The van der Waals surface area contributed by atoms with Crippen molar-refractivity contribution >= 4 is 28.2 Å². The molecule has 0 saturated carbocycles. The fourth-order valence-electron chi connectivity index (χ4n) is 2.97. The Morgan fingerprint density at radius 1 is 1.07 bits per heavy atom. The summed E-state index contributed by atoms with van der Waals surface area (Å²) in [5.41, 5.74) is 1.86. The van der Waals surface area contributed by atoms with Gasteiger partial charge >= 0.3 is 0 Å². The van der Waals surface area contributed by atoms with Crippen molar-refractivity contribution in [2.75, 3.05) is 5.32 Å². The van der Waals surface area contributed by atoms with Crippen LogP contribution in [0.15, 0.2) is 59.4 Å². The summed E-state index contributed by atoms with van der Waals surface area (Å²) < 4.78 is 1.30. The Hall–Kier alpha value is -3.48. The molecular weight excluding hydrogens is 358 g/mol. The SMILES string of the molecule is CC(C)(C)c1ccc(NC(=O)Cn2c(=O)ccc3cc([N+](=O)[O-])ccc32)cc1. The maximum absolute atomic E-state index is 12.5. The zero-order chi connectivity index (χ0) is 20.5. The molecule has 1 N–H and O–H groups in total. The standard InChI is InChI=1S/C21H21N3O4/c1-21(2,3)15-5-7-16(8-6-15)22-19(25)13-23-18-10-9-17(24(27)28)12-14(18)4-11-20(23)26/h4-12H,13H2,1-3H3,(H,22,25). The largest absolute Gasteiger partial charge is 0.325 e. The predicted octanol–water partition coefficient (Wildman–Crippen LogP) is 3.85. The van der Waals surface area contributed by atoms with E-state index in [-0.39, 0.29) is 29.1 Å². The summed E-state index contributed by atoms with van der Waals surface area (Å²) in [4.78, 5) is 35.1. The van der Waals surface area contributed by atoms with Crippen molar-refractivity contribution in [3.8, 4) is 0 Å². The molecule has 1 heterocycles. The highest BCUT2D eigenvalue weighted by Crippen LogP contribution is 2.23. The fraction of sp³-hybridized carbons (Fsp3) is 0.238.